The molecule has 5 heteroatoms. The second kappa shape index (κ2) is 5.99. The van der Waals surface area contributed by atoms with Gasteiger partial charge in [-0.15, -0.1) is 0 Å². The van der Waals surface area contributed by atoms with Crippen molar-refractivity contribution in [3.63, 3.8) is 0 Å². The van der Waals surface area contributed by atoms with E-state index in [0.717, 1.165) is 35.3 Å². The third-order valence-electron chi connectivity index (χ3n) is 5.05. The van der Waals surface area contributed by atoms with E-state index in [1.807, 2.05) is 18.2 Å². The number of nitrogens with one attached hydrogen (secondary N) is 1. The predicted octanol–water partition coefficient (Wildman–Crippen LogP) is 3.48. The Labute approximate surface area is 145 Å². The highest BCUT2D eigenvalue weighted by Gasteiger charge is 2.43. The summed E-state index contributed by atoms with van der Waals surface area (Å²) in [4.78, 5) is 25.8. The molecule has 2 unspecified atom stereocenters. The Bertz CT molecular complexity index is 847. The van der Waals surface area contributed by atoms with Gasteiger partial charge in [-0.25, -0.2) is 4.39 Å². The van der Waals surface area contributed by atoms with Gasteiger partial charge in [0.1, 0.15) is 5.82 Å². The summed E-state index contributed by atoms with van der Waals surface area (Å²) in [6.07, 6.45) is 1.60. The van der Waals surface area contributed by atoms with E-state index in [1.165, 1.54) is 12.1 Å². The molecule has 1 N–H and O–H groups in total. The number of anilines is 2. The van der Waals surface area contributed by atoms with Gasteiger partial charge in [0.25, 0.3) is 0 Å². The number of rotatable bonds is 3. The van der Waals surface area contributed by atoms with Gasteiger partial charge in [0, 0.05) is 30.8 Å². The molecule has 25 heavy (non-hydrogen) atoms. The zero-order valence-corrected chi connectivity index (χ0v) is 14.0. The standard InChI is InChI=1S/C20H19FN2O2/c1-12(24)23-9-8-14-10-16(6-7-19(14)23)22-20(25)18-11-17(18)13-2-4-15(21)5-3-13/h2-7,10,17-18H,8-9,11H2,1H3,(H,22,25). The summed E-state index contributed by atoms with van der Waals surface area (Å²) in [6.45, 7) is 2.25. The number of benzene rings is 2. The summed E-state index contributed by atoms with van der Waals surface area (Å²) >= 11 is 0. The van der Waals surface area contributed by atoms with E-state index >= 15 is 0 Å². The number of fused-ring (bicyclic) bond motifs is 1. The maximum absolute atomic E-state index is 13.0. The minimum atomic E-state index is -0.261. The van der Waals surface area contributed by atoms with Gasteiger partial charge >= 0.3 is 0 Å². The van der Waals surface area contributed by atoms with Crippen LogP contribution in [0.5, 0.6) is 0 Å². The minimum Gasteiger partial charge on any atom is -0.326 e. The Balaban J connectivity index is 1.42. The largest absolute Gasteiger partial charge is 0.326 e. The van der Waals surface area contributed by atoms with Crippen LogP contribution in [0.25, 0.3) is 0 Å². The first kappa shape index (κ1) is 15.8. The summed E-state index contributed by atoms with van der Waals surface area (Å²) in [5, 5.41) is 2.97. The average Bonchev–Trinajstić information content (AvgIpc) is 3.27. The van der Waals surface area contributed by atoms with Crippen LogP contribution in [0.4, 0.5) is 15.8 Å². The molecule has 0 saturated heterocycles. The summed E-state index contributed by atoms with van der Waals surface area (Å²) in [6, 6.07) is 12.0. The molecule has 2 amide bonds. The van der Waals surface area contributed by atoms with E-state index in [9.17, 15) is 14.0 Å². The normalized spacial score (nSPS) is 21.0. The van der Waals surface area contributed by atoms with Crippen molar-refractivity contribution < 1.29 is 14.0 Å². The Morgan fingerprint density at radius 2 is 1.92 bits per heavy atom. The van der Waals surface area contributed by atoms with Crippen LogP contribution in [-0.2, 0) is 16.0 Å². The molecule has 1 aliphatic heterocycles. The van der Waals surface area contributed by atoms with Crippen LogP contribution in [-0.4, -0.2) is 18.4 Å². The van der Waals surface area contributed by atoms with Crippen LogP contribution < -0.4 is 10.2 Å². The van der Waals surface area contributed by atoms with Crippen LogP contribution >= 0.6 is 0 Å². The van der Waals surface area contributed by atoms with Crippen molar-refractivity contribution in [2.75, 3.05) is 16.8 Å². The van der Waals surface area contributed by atoms with Crippen LogP contribution in [0.15, 0.2) is 42.5 Å². The lowest BCUT2D eigenvalue weighted by Gasteiger charge is -2.15. The van der Waals surface area contributed by atoms with Gasteiger partial charge in [0.15, 0.2) is 0 Å². The Kier molecular flexibility index (Phi) is 3.79. The first-order valence-electron chi connectivity index (χ1n) is 8.50. The van der Waals surface area contributed by atoms with E-state index < -0.39 is 0 Å². The van der Waals surface area contributed by atoms with Gasteiger partial charge in [-0.2, -0.15) is 0 Å². The van der Waals surface area contributed by atoms with Crippen molar-refractivity contribution in [1.29, 1.82) is 0 Å². The molecule has 4 nitrogen and oxygen atoms in total. The smallest absolute Gasteiger partial charge is 0.228 e. The topological polar surface area (TPSA) is 49.4 Å². The highest BCUT2D eigenvalue weighted by molar-refractivity contribution is 5.97. The zero-order chi connectivity index (χ0) is 17.6. The first-order valence-corrected chi connectivity index (χ1v) is 8.50. The molecule has 128 valence electrons. The molecule has 2 aromatic rings. The molecule has 2 aliphatic rings. The van der Waals surface area contributed by atoms with Crippen LogP contribution in [0.2, 0.25) is 0 Å². The number of amides is 2. The van der Waals surface area contributed by atoms with Crippen molar-refractivity contribution >= 4 is 23.2 Å². The molecular formula is C20H19FN2O2. The molecule has 0 bridgehead atoms. The molecule has 1 heterocycles. The van der Waals surface area contributed by atoms with Crippen LogP contribution in [0.1, 0.15) is 30.4 Å². The molecule has 1 fully saturated rings. The van der Waals surface area contributed by atoms with Gasteiger partial charge in [0.2, 0.25) is 11.8 Å². The van der Waals surface area contributed by atoms with Crippen molar-refractivity contribution in [1.82, 2.24) is 0 Å². The highest BCUT2D eigenvalue weighted by atomic mass is 19.1. The fourth-order valence-corrected chi connectivity index (χ4v) is 3.60. The fourth-order valence-electron chi connectivity index (χ4n) is 3.60. The lowest BCUT2D eigenvalue weighted by atomic mass is 10.1. The van der Waals surface area contributed by atoms with E-state index in [0.29, 0.717) is 6.54 Å². The van der Waals surface area contributed by atoms with Crippen LogP contribution in [0, 0.1) is 11.7 Å². The van der Waals surface area contributed by atoms with Crippen molar-refractivity contribution in [2.24, 2.45) is 5.92 Å². The van der Waals surface area contributed by atoms with Gasteiger partial charge in [-0.05, 0) is 60.2 Å². The lowest BCUT2D eigenvalue weighted by Crippen LogP contribution is -2.25. The van der Waals surface area contributed by atoms with Crippen molar-refractivity contribution in [2.45, 2.75) is 25.7 Å². The number of carbonyl (C=O) groups is 2. The summed E-state index contributed by atoms with van der Waals surface area (Å²) in [5.74, 6) is -0.120. The third kappa shape index (κ3) is 3.02. The van der Waals surface area contributed by atoms with Gasteiger partial charge in [-0.3, -0.25) is 9.59 Å². The molecule has 0 radical (unpaired) electrons. The van der Waals surface area contributed by atoms with Gasteiger partial charge in [0.05, 0.1) is 0 Å². The van der Waals surface area contributed by atoms with Gasteiger partial charge in [-0.1, -0.05) is 12.1 Å². The summed E-state index contributed by atoms with van der Waals surface area (Å²) in [5.41, 5.74) is 3.78. The highest BCUT2D eigenvalue weighted by Crippen LogP contribution is 2.48. The average molecular weight is 338 g/mol. The minimum absolute atomic E-state index is 0.00399. The van der Waals surface area contributed by atoms with E-state index in [1.54, 1.807) is 24.0 Å². The molecule has 1 aliphatic carbocycles. The fraction of sp³-hybridized carbons (Fsp3) is 0.300. The number of carbonyl (C=O) groups excluding carboxylic acids is 2. The number of hydrogen-bond acceptors (Lipinski definition) is 2. The van der Waals surface area contributed by atoms with Crippen molar-refractivity contribution in [3.05, 3.63) is 59.4 Å². The number of nitrogens with zero attached hydrogens (tertiary/aromatic N) is 1. The lowest BCUT2D eigenvalue weighted by molar-refractivity contribution is -0.117. The Morgan fingerprint density at radius 1 is 1.16 bits per heavy atom. The summed E-state index contributed by atoms with van der Waals surface area (Å²) < 4.78 is 13.0. The number of hydrogen-bond donors (Lipinski definition) is 1. The van der Waals surface area contributed by atoms with E-state index in [4.69, 9.17) is 0 Å². The van der Waals surface area contributed by atoms with E-state index in [-0.39, 0.29) is 29.5 Å². The molecular weight excluding hydrogens is 319 g/mol. The number of halogens is 1. The van der Waals surface area contributed by atoms with Gasteiger partial charge < -0.3 is 10.2 Å². The first-order chi connectivity index (χ1) is 12.0. The van der Waals surface area contributed by atoms with E-state index in [2.05, 4.69) is 5.32 Å². The third-order valence-corrected chi connectivity index (χ3v) is 5.05. The Hall–Kier alpha value is -2.69. The second-order valence-corrected chi connectivity index (χ2v) is 6.75. The molecule has 0 aromatic heterocycles. The zero-order valence-electron chi connectivity index (χ0n) is 14.0. The van der Waals surface area contributed by atoms with Crippen molar-refractivity contribution in [3.8, 4) is 0 Å². The Morgan fingerprint density at radius 3 is 2.64 bits per heavy atom. The maximum atomic E-state index is 13.0. The second-order valence-electron chi connectivity index (χ2n) is 6.75. The molecule has 1 saturated carbocycles. The molecule has 2 atom stereocenters. The molecule has 2 aromatic carbocycles. The monoisotopic (exact) mass is 338 g/mol. The predicted molar refractivity (Wildman–Crippen MR) is 94.1 cm³/mol. The molecule has 0 spiro atoms. The maximum Gasteiger partial charge on any atom is 0.228 e. The van der Waals surface area contributed by atoms with Crippen LogP contribution in [0.3, 0.4) is 0 Å². The SMILES string of the molecule is CC(=O)N1CCc2cc(NC(=O)C3CC3c3ccc(F)cc3)ccc21. The quantitative estimate of drug-likeness (QED) is 0.931. The molecule has 4 rings (SSSR count). The summed E-state index contributed by atoms with van der Waals surface area (Å²) in [7, 11) is 0.